The SMILES string of the molecule is O=C(Cn1cnc2cc(-c3ccccc3)sc2c1=O)NCCOc1ccccc1. The van der Waals surface area contributed by atoms with Crippen molar-refractivity contribution in [3.8, 4) is 16.2 Å². The van der Waals surface area contributed by atoms with Gasteiger partial charge in [0.2, 0.25) is 5.91 Å². The predicted octanol–water partition coefficient (Wildman–Crippen LogP) is 3.32. The number of amides is 1. The van der Waals surface area contributed by atoms with Crippen LogP contribution in [0.1, 0.15) is 0 Å². The van der Waals surface area contributed by atoms with Crippen molar-refractivity contribution in [2.24, 2.45) is 0 Å². The molecule has 0 saturated carbocycles. The van der Waals surface area contributed by atoms with Gasteiger partial charge in [0, 0.05) is 4.88 Å². The number of nitrogens with one attached hydrogen (secondary N) is 1. The van der Waals surface area contributed by atoms with Crippen LogP contribution in [0.4, 0.5) is 0 Å². The molecule has 2 aromatic heterocycles. The Morgan fingerprint density at radius 1 is 1.07 bits per heavy atom. The molecule has 2 aromatic carbocycles. The van der Waals surface area contributed by atoms with Gasteiger partial charge in [-0.15, -0.1) is 11.3 Å². The number of para-hydroxylation sites is 1. The van der Waals surface area contributed by atoms with Gasteiger partial charge in [0.15, 0.2) is 0 Å². The van der Waals surface area contributed by atoms with Crippen LogP contribution in [-0.4, -0.2) is 28.6 Å². The number of carbonyl (C=O) groups is 1. The third-order valence-corrected chi connectivity index (χ3v) is 5.47. The van der Waals surface area contributed by atoms with Crippen LogP contribution in [0, 0.1) is 0 Å². The van der Waals surface area contributed by atoms with E-state index in [9.17, 15) is 9.59 Å². The van der Waals surface area contributed by atoms with E-state index in [1.54, 1.807) is 0 Å². The summed E-state index contributed by atoms with van der Waals surface area (Å²) in [5.41, 5.74) is 1.47. The summed E-state index contributed by atoms with van der Waals surface area (Å²) in [7, 11) is 0. The van der Waals surface area contributed by atoms with Gasteiger partial charge in [-0.25, -0.2) is 4.98 Å². The second kappa shape index (κ2) is 8.70. The van der Waals surface area contributed by atoms with Crippen molar-refractivity contribution in [3.63, 3.8) is 0 Å². The summed E-state index contributed by atoms with van der Waals surface area (Å²) in [6.07, 6.45) is 1.42. The minimum absolute atomic E-state index is 0.0777. The molecule has 1 N–H and O–H groups in total. The molecule has 6 nitrogen and oxygen atoms in total. The van der Waals surface area contributed by atoms with E-state index in [0.29, 0.717) is 23.4 Å². The number of hydrogen-bond acceptors (Lipinski definition) is 5. The molecule has 4 aromatic rings. The van der Waals surface area contributed by atoms with Crippen LogP contribution >= 0.6 is 11.3 Å². The molecule has 0 bridgehead atoms. The average molecular weight is 405 g/mol. The van der Waals surface area contributed by atoms with Crippen LogP contribution in [-0.2, 0) is 11.3 Å². The zero-order valence-electron chi connectivity index (χ0n) is 15.6. The third kappa shape index (κ3) is 4.52. The molecular formula is C22H19N3O3S. The topological polar surface area (TPSA) is 73.2 Å². The van der Waals surface area contributed by atoms with Crippen molar-refractivity contribution >= 4 is 27.5 Å². The lowest BCUT2D eigenvalue weighted by molar-refractivity contribution is -0.121. The summed E-state index contributed by atoms with van der Waals surface area (Å²) in [6, 6.07) is 21.1. The van der Waals surface area contributed by atoms with Crippen LogP contribution in [0.2, 0.25) is 0 Å². The molecule has 0 spiro atoms. The van der Waals surface area contributed by atoms with Crippen molar-refractivity contribution in [2.45, 2.75) is 6.54 Å². The van der Waals surface area contributed by atoms with Gasteiger partial charge in [0.1, 0.15) is 23.6 Å². The van der Waals surface area contributed by atoms with E-state index in [0.717, 1.165) is 16.2 Å². The minimum Gasteiger partial charge on any atom is -0.492 e. The molecule has 0 atom stereocenters. The lowest BCUT2D eigenvalue weighted by atomic mass is 10.2. The molecule has 0 aliphatic rings. The van der Waals surface area contributed by atoms with Crippen molar-refractivity contribution in [1.82, 2.24) is 14.9 Å². The van der Waals surface area contributed by atoms with Crippen LogP contribution in [0.3, 0.4) is 0 Å². The Kier molecular flexibility index (Phi) is 5.67. The summed E-state index contributed by atoms with van der Waals surface area (Å²) in [6.45, 7) is 0.633. The lowest BCUT2D eigenvalue weighted by Crippen LogP contribution is -2.34. The zero-order valence-corrected chi connectivity index (χ0v) is 16.4. The Morgan fingerprint density at radius 2 is 1.79 bits per heavy atom. The molecule has 0 unspecified atom stereocenters. The highest BCUT2D eigenvalue weighted by Crippen LogP contribution is 2.30. The molecule has 29 heavy (non-hydrogen) atoms. The smallest absolute Gasteiger partial charge is 0.271 e. The van der Waals surface area contributed by atoms with Gasteiger partial charge in [-0.05, 0) is 23.8 Å². The summed E-state index contributed by atoms with van der Waals surface area (Å²) in [4.78, 5) is 30.3. The average Bonchev–Trinajstić information content (AvgIpc) is 3.20. The summed E-state index contributed by atoms with van der Waals surface area (Å²) < 4.78 is 7.42. The number of benzene rings is 2. The van der Waals surface area contributed by atoms with Gasteiger partial charge < -0.3 is 10.1 Å². The molecule has 0 aliphatic carbocycles. The quantitative estimate of drug-likeness (QED) is 0.479. The van der Waals surface area contributed by atoms with E-state index < -0.39 is 0 Å². The molecule has 146 valence electrons. The number of fused-ring (bicyclic) bond motifs is 1. The molecule has 0 saturated heterocycles. The molecule has 1 amide bonds. The van der Waals surface area contributed by atoms with Crippen molar-refractivity contribution in [1.29, 1.82) is 0 Å². The van der Waals surface area contributed by atoms with E-state index in [1.807, 2.05) is 66.7 Å². The number of nitrogens with zero attached hydrogens (tertiary/aromatic N) is 2. The first kappa shape index (κ1) is 18.9. The fourth-order valence-electron chi connectivity index (χ4n) is 2.89. The first-order valence-electron chi connectivity index (χ1n) is 9.19. The normalized spacial score (nSPS) is 10.8. The Balaban J connectivity index is 1.39. The van der Waals surface area contributed by atoms with Crippen molar-refractivity contribution < 1.29 is 9.53 Å². The van der Waals surface area contributed by atoms with Crippen LogP contribution in [0.5, 0.6) is 5.75 Å². The molecule has 4 rings (SSSR count). The molecular weight excluding hydrogens is 386 g/mol. The molecule has 0 aliphatic heterocycles. The molecule has 0 radical (unpaired) electrons. The van der Waals surface area contributed by atoms with E-state index in [4.69, 9.17) is 4.74 Å². The second-order valence-electron chi connectivity index (χ2n) is 6.38. The largest absolute Gasteiger partial charge is 0.492 e. The van der Waals surface area contributed by atoms with Gasteiger partial charge >= 0.3 is 0 Å². The monoisotopic (exact) mass is 405 g/mol. The molecule has 0 fully saturated rings. The van der Waals surface area contributed by atoms with Gasteiger partial charge in [-0.2, -0.15) is 0 Å². The Hall–Kier alpha value is -3.45. The van der Waals surface area contributed by atoms with Crippen LogP contribution < -0.4 is 15.6 Å². The predicted molar refractivity (Wildman–Crippen MR) is 114 cm³/mol. The van der Waals surface area contributed by atoms with Crippen molar-refractivity contribution in [3.05, 3.63) is 83.4 Å². The Bertz CT molecular complexity index is 1170. The maximum atomic E-state index is 12.8. The fraction of sp³-hybridized carbons (Fsp3) is 0.136. The lowest BCUT2D eigenvalue weighted by Gasteiger charge is -2.08. The summed E-state index contributed by atoms with van der Waals surface area (Å²) in [5.74, 6) is 0.490. The Morgan fingerprint density at radius 3 is 2.55 bits per heavy atom. The third-order valence-electron chi connectivity index (χ3n) is 4.31. The first-order valence-corrected chi connectivity index (χ1v) is 10.0. The summed E-state index contributed by atoms with van der Waals surface area (Å²) >= 11 is 1.39. The number of carbonyl (C=O) groups excluding carboxylic acids is 1. The summed E-state index contributed by atoms with van der Waals surface area (Å²) in [5, 5.41) is 2.76. The number of ether oxygens (including phenoxy) is 1. The number of hydrogen-bond donors (Lipinski definition) is 1. The van der Waals surface area contributed by atoms with E-state index in [-0.39, 0.29) is 18.0 Å². The van der Waals surface area contributed by atoms with Crippen LogP contribution in [0.25, 0.3) is 20.7 Å². The number of rotatable bonds is 7. The van der Waals surface area contributed by atoms with E-state index in [2.05, 4.69) is 10.3 Å². The maximum absolute atomic E-state index is 12.8. The molecule has 2 heterocycles. The highest BCUT2D eigenvalue weighted by atomic mass is 32.1. The standard InChI is InChI=1S/C22H19N3O3S/c26-20(23-11-12-28-17-9-5-2-6-10-17)14-25-15-24-18-13-19(29-21(18)22(25)27)16-7-3-1-4-8-16/h1-10,13,15H,11-12,14H2,(H,23,26). The van der Waals surface area contributed by atoms with Gasteiger partial charge in [0.25, 0.3) is 5.56 Å². The second-order valence-corrected chi connectivity index (χ2v) is 7.43. The maximum Gasteiger partial charge on any atom is 0.271 e. The zero-order chi connectivity index (χ0) is 20.1. The van der Waals surface area contributed by atoms with E-state index in [1.165, 1.54) is 22.2 Å². The highest BCUT2D eigenvalue weighted by Gasteiger charge is 2.12. The Labute approximate surface area is 171 Å². The van der Waals surface area contributed by atoms with Gasteiger partial charge in [-0.1, -0.05) is 48.5 Å². The minimum atomic E-state index is -0.259. The first-order chi connectivity index (χ1) is 14.2. The van der Waals surface area contributed by atoms with Crippen molar-refractivity contribution in [2.75, 3.05) is 13.2 Å². The number of aromatic nitrogens is 2. The van der Waals surface area contributed by atoms with Crippen LogP contribution in [0.15, 0.2) is 77.9 Å². The molecule has 7 heteroatoms. The van der Waals surface area contributed by atoms with Gasteiger partial charge in [0.05, 0.1) is 18.4 Å². The fourth-order valence-corrected chi connectivity index (χ4v) is 3.95. The van der Waals surface area contributed by atoms with E-state index >= 15 is 0 Å². The number of thiophene rings is 1. The van der Waals surface area contributed by atoms with Gasteiger partial charge in [-0.3, -0.25) is 14.2 Å². The highest BCUT2D eigenvalue weighted by molar-refractivity contribution is 7.22.